The highest BCUT2D eigenvalue weighted by atomic mass is 127. The molecule has 2 N–H and O–H groups in total. The molecule has 0 atom stereocenters. The minimum absolute atomic E-state index is 0.210. The topological polar surface area (TPSA) is 43.7 Å². The van der Waals surface area contributed by atoms with E-state index in [-0.39, 0.29) is 13.2 Å². The molecule has 62 valence electrons. The number of nitrogens with zero attached hydrogens (tertiary/aromatic N) is 1. The molecule has 0 aliphatic heterocycles. The molecular weight excluding hydrogens is 245 g/mol. The number of hydrogen-bond donors (Lipinski definition) is 2. The lowest BCUT2D eigenvalue weighted by molar-refractivity contribution is 0.257. The Hall–Kier alpha value is 0.610. The third-order valence-corrected chi connectivity index (χ3v) is 2.12. The lowest BCUT2D eigenvalue weighted by Gasteiger charge is -2.10. The van der Waals surface area contributed by atoms with Crippen molar-refractivity contribution in [2.45, 2.75) is 12.8 Å². The van der Waals surface area contributed by atoms with Gasteiger partial charge in [0.05, 0.1) is 6.61 Å². The number of aliphatic hydroxyl groups excluding tert-OH is 2. The number of aliphatic hydroxyl groups is 2. The van der Waals surface area contributed by atoms with Crippen LogP contribution in [0.1, 0.15) is 12.8 Å². The molecule has 0 aromatic carbocycles. The third kappa shape index (κ3) is 6.73. The molecule has 0 radical (unpaired) electrons. The van der Waals surface area contributed by atoms with Gasteiger partial charge in [-0.1, -0.05) is 0 Å². The van der Waals surface area contributed by atoms with Crippen LogP contribution in [0.15, 0.2) is 0 Å². The molecule has 4 heteroatoms. The van der Waals surface area contributed by atoms with Crippen LogP contribution in [-0.2, 0) is 0 Å². The summed E-state index contributed by atoms with van der Waals surface area (Å²) in [5, 5.41) is 16.9. The summed E-state index contributed by atoms with van der Waals surface area (Å²) in [5.74, 6) is 0. The molecule has 0 spiro atoms. The van der Waals surface area contributed by atoms with Crippen molar-refractivity contribution in [1.82, 2.24) is 3.11 Å². The Labute approximate surface area is 75.5 Å². The van der Waals surface area contributed by atoms with E-state index in [1.54, 1.807) is 0 Å². The average Bonchev–Trinajstić information content (AvgIpc) is 1.89. The first-order valence-electron chi connectivity index (χ1n) is 3.43. The van der Waals surface area contributed by atoms with Gasteiger partial charge in [0.1, 0.15) is 0 Å². The van der Waals surface area contributed by atoms with Crippen molar-refractivity contribution in [2.24, 2.45) is 0 Å². The van der Waals surface area contributed by atoms with Gasteiger partial charge >= 0.3 is 0 Å². The Kier molecular flexibility index (Phi) is 8.18. The summed E-state index contributed by atoms with van der Waals surface area (Å²) in [6, 6.07) is 0. The lowest BCUT2D eigenvalue weighted by atomic mass is 10.3. The summed E-state index contributed by atoms with van der Waals surface area (Å²) in [4.78, 5) is 0. The van der Waals surface area contributed by atoms with Gasteiger partial charge in [-0.15, -0.1) is 0 Å². The maximum absolute atomic E-state index is 8.50. The van der Waals surface area contributed by atoms with E-state index in [2.05, 4.69) is 22.9 Å². The van der Waals surface area contributed by atoms with Crippen LogP contribution in [0.2, 0.25) is 0 Å². The molecule has 0 aromatic rings. The Morgan fingerprint density at radius 1 is 1.00 bits per heavy atom. The molecule has 0 saturated carbocycles. The molecule has 10 heavy (non-hydrogen) atoms. The average molecular weight is 259 g/mol. The Morgan fingerprint density at radius 3 is 2.20 bits per heavy atom. The predicted molar refractivity (Wildman–Crippen MR) is 49.0 cm³/mol. The van der Waals surface area contributed by atoms with Crippen LogP contribution in [-0.4, -0.2) is 39.6 Å². The maximum Gasteiger partial charge on any atom is 0.0566 e. The highest BCUT2D eigenvalue weighted by molar-refractivity contribution is 14.1. The molecule has 0 unspecified atom stereocenters. The van der Waals surface area contributed by atoms with Gasteiger partial charge in [0, 0.05) is 42.6 Å². The molecule has 0 rings (SSSR count). The van der Waals surface area contributed by atoms with E-state index in [9.17, 15) is 0 Å². The van der Waals surface area contributed by atoms with E-state index in [1.165, 1.54) is 0 Å². The second-order valence-electron chi connectivity index (χ2n) is 2.06. The van der Waals surface area contributed by atoms with Gasteiger partial charge in [-0.2, -0.15) is 0 Å². The summed E-state index contributed by atoms with van der Waals surface area (Å²) >= 11 is 2.17. The smallest absolute Gasteiger partial charge is 0.0566 e. The van der Waals surface area contributed by atoms with Crippen molar-refractivity contribution in [3.05, 3.63) is 0 Å². The van der Waals surface area contributed by atoms with E-state index in [0.717, 1.165) is 19.4 Å². The fraction of sp³-hybridized carbons (Fsp3) is 1.00. The third-order valence-electron chi connectivity index (χ3n) is 1.15. The highest BCUT2D eigenvalue weighted by Crippen LogP contribution is 2.00. The zero-order valence-corrected chi connectivity index (χ0v) is 8.12. The molecule has 0 aromatic heterocycles. The van der Waals surface area contributed by atoms with Crippen molar-refractivity contribution in [3.63, 3.8) is 0 Å². The molecule has 0 aliphatic rings. The molecule has 0 fully saturated rings. The fourth-order valence-electron chi connectivity index (χ4n) is 0.615. The minimum Gasteiger partial charge on any atom is -0.396 e. The van der Waals surface area contributed by atoms with Crippen LogP contribution in [0.5, 0.6) is 0 Å². The van der Waals surface area contributed by atoms with Gasteiger partial charge in [0.2, 0.25) is 0 Å². The van der Waals surface area contributed by atoms with Crippen molar-refractivity contribution in [1.29, 1.82) is 0 Å². The summed E-state index contributed by atoms with van der Waals surface area (Å²) in [5.41, 5.74) is 0. The summed E-state index contributed by atoms with van der Waals surface area (Å²) in [7, 11) is 0. The number of hydrogen-bond acceptors (Lipinski definition) is 3. The number of rotatable bonds is 6. The fourth-order valence-corrected chi connectivity index (χ4v) is 1.17. The van der Waals surface area contributed by atoms with Gasteiger partial charge < -0.3 is 10.2 Å². The van der Waals surface area contributed by atoms with Crippen molar-refractivity contribution < 1.29 is 10.2 Å². The summed E-state index contributed by atoms with van der Waals surface area (Å²) in [6.07, 6.45) is 1.85. The van der Waals surface area contributed by atoms with E-state index in [1.807, 2.05) is 3.11 Å². The van der Waals surface area contributed by atoms with Crippen LogP contribution in [0, 0.1) is 0 Å². The number of unbranched alkanes of at least 4 members (excludes halogenated alkanes) is 1. The first kappa shape index (κ1) is 10.6. The zero-order chi connectivity index (χ0) is 7.82. The zero-order valence-electron chi connectivity index (χ0n) is 5.96. The van der Waals surface area contributed by atoms with Gasteiger partial charge in [0.15, 0.2) is 0 Å². The van der Waals surface area contributed by atoms with Crippen LogP contribution in [0.4, 0.5) is 0 Å². The van der Waals surface area contributed by atoms with Gasteiger partial charge in [-0.3, -0.25) is 0 Å². The molecule has 0 amide bonds. The van der Waals surface area contributed by atoms with Crippen molar-refractivity contribution in [3.8, 4) is 0 Å². The number of halogens is 1. The standard InChI is InChI=1S/C6H14INO2/c7-8(4-6-10)3-1-2-5-9/h9-10H,1-6H2. The van der Waals surface area contributed by atoms with Gasteiger partial charge in [-0.05, 0) is 12.8 Å². The molecule has 0 saturated heterocycles. The van der Waals surface area contributed by atoms with E-state index < -0.39 is 0 Å². The molecule has 3 nitrogen and oxygen atoms in total. The summed E-state index contributed by atoms with van der Waals surface area (Å²) in [6.45, 7) is 2.14. The predicted octanol–water partition coefficient (Wildman–Crippen LogP) is 0.403. The Balaban J connectivity index is 2.97. The van der Waals surface area contributed by atoms with Gasteiger partial charge in [-0.25, -0.2) is 3.11 Å². The molecule has 0 aliphatic carbocycles. The normalized spacial score (nSPS) is 10.8. The highest BCUT2D eigenvalue weighted by Gasteiger charge is 1.96. The Morgan fingerprint density at radius 2 is 1.70 bits per heavy atom. The quantitative estimate of drug-likeness (QED) is 0.412. The molecule has 0 bridgehead atoms. The SMILES string of the molecule is OCCCCN(I)CCO. The second-order valence-corrected chi connectivity index (χ2v) is 3.43. The molecular formula is C6H14INO2. The van der Waals surface area contributed by atoms with Crippen molar-refractivity contribution >= 4 is 22.9 Å². The lowest BCUT2D eigenvalue weighted by Crippen LogP contribution is -2.17. The second kappa shape index (κ2) is 7.71. The first-order valence-corrected chi connectivity index (χ1v) is 4.40. The van der Waals surface area contributed by atoms with Crippen LogP contribution in [0.3, 0.4) is 0 Å². The van der Waals surface area contributed by atoms with Crippen LogP contribution >= 0.6 is 22.9 Å². The van der Waals surface area contributed by atoms with E-state index in [4.69, 9.17) is 10.2 Å². The molecule has 0 heterocycles. The monoisotopic (exact) mass is 259 g/mol. The first-order chi connectivity index (χ1) is 4.81. The van der Waals surface area contributed by atoms with E-state index in [0.29, 0.717) is 6.54 Å². The Bertz CT molecular complexity index is 72.8. The van der Waals surface area contributed by atoms with Crippen LogP contribution < -0.4 is 0 Å². The van der Waals surface area contributed by atoms with Crippen LogP contribution in [0.25, 0.3) is 0 Å². The minimum atomic E-state index is 0.210. The maximum atomic E-state index is 8.50. The van der Waals surface area contributed by atoms with E-state index >= 15 is 0 Å². The van der Waals surface area contributed by atoms with Gasteiger partial charge in [0.25, 0.3) is 0 Å². The summed E-state index contributed by atoms with van der Waals surface area (Å²) < 4.78 is 2.02. The van der Waals surface area contributed by atoms with Crippen molar-refractivity contribution in [2.75, 3.05) is 26.3 Å². The largest absolute Gasteiger partial charge is 0.396 e.